The van der Waals surface area contributed by atoms with Crippen LogP contribution >= 0.6 is 11.6 Å². The molecule has 0 saturated carbocycles. The zero-order chi connectivity index (χ0) is 27.1. The number of fused-ring (bicyclic) bond motifs is 2. The number of carbonyl (C=O) groups is 3. The van der Waals surface area contributed by atoms with Crippen molar-refractivity contribution in [1.82, 2.24) is 4.90 Å². The highest BCUT2D eigenvalue weighted by Crippen LogP contribution is 2.54. The molecule has 2 fully saturated rings. The summed E-state index contributed by atoms with van der Waals surface area (Å²) < 4.78 is 12.1. The first-order valence-electron chi connectivity index (χ1n) is 13.2. The lowest BCUT2D eigenvalue weighted by Gasteiger charge is -2.38. The summed E-state index contributed by atoms with van der Waals surface area (Å²) in [7, 11) is 0. The molecular weight excluding hydrogens is 520 g/mol. The van der Waals surface area contributed by atoms with Crippen LogP contribution in [0.1, 0.15) is 12.0 Å². The molecule has 1 unspecified atom stereocenters. The minimum atomic E-state index is -1.42. The molecule has 1 spiro atoms. The van der Waals surface area contributed by atoms with Gasteiger partial charge in [0.1, 0.15) is 17.6 Å². The molecule has 4 aliphatic rings. The molecule has 2 aromatic carbocycles. The molecule has 6 atom stereocenters. The Kier molecular flexibility index (Phi) is 6.79. The second-order valence-electron chi connectivity index (χ2n) is 10.3. The number of para-hydroxylation sites is 1. The van der Waals surface area contributed by atoms with Crippen LogP contribution in [0.3, 0.4) is 0 Å². The number of anilines is 1. The molecule has 0 aliphatic carbocycles. The van der Waals surface area contributed by atoms with Crippen molar-refractivity contribution in [2.24, 2.45) is 11.8 Å². The lowest BCUT2D eigenvalue weighted by Crippen LogP contribution is -2.58. The third-order valence-electron chi connectivity index (χ3n) is 8.12. The zero-order valence-corrected chi connectivity index (χ0v) is 21.9. The fraction of sp³-hybridized carbons (Fsp3) is 0.367. The minimum Gasteiger partial charge on any atom is -0.465 e. The maximum absolute atomic E-state index is 14.5. The lowest BCUT2D eigenvalue weighted by molar-refractivity contribution is -0.155. The van der Waals surface area contributed by atoms with Crippen molar-refractivity contribution in [3.8, 4) is 0 Å². The predicted octanol–water partition coefficient (Wildman–Crippen LogP) is 2.93. The molecule has 202 valence electrons. The summed E-state index contributed by atoms with van der Waals surface area (Å²) in [6, 6.07) is 14.7. The van der Waals surface area contributed by atoms with E-state index < -0.39 is 47.5 Å². The Bertz CT molecular complexity index is 1350. The molecule has 0 aromatic heterocycles. The van der Waals surface area contributed by atoms with E-state index in [1.807, 2.05) is 36.4 Å². The highest BCUT2D eigenvalue weighted by atomic mass is 35.5. The maximum Gasteiger partial charge on any atom is 0.312 e. The van der Waals surface area contributed by atoms with Crippen LogP contribution in [0.25, 0.3) is 0 Å². The Morgan fingerprint density at radius 1 is 1.03 bits per heavy atom. The van der Waals surface area contributed by atoms with Crippen LogP contribution in [-0.4, -0.2) is 71.3 Å². The summed E-state index contributed by atoms with van der Waals surface area (Å²) >= 11 is 6.51. The van der Waals surface area contributed by atoms with Gasteiger partial charge in [-0.25, -0.2) is 0 Å². The second kappa shape index (κ2) is 10.3. The van der Waals surface area contributed by atoms with Crippen LogP contribution in [-0.2, 0) is 30.3 Å². The molecule has 8 nitrogen and oxygen atoms in total. The number of nitrogens with zero attached hydrogens (tertiary/aromatic N) is 2. The normalized spacial score (nSPS) is 30.7. The summed E-state index contributed by atoms with van der Waals surface area (Å²) in [6.45, 7) is 0.0421. The van der Waals surface area contributed by atoms with Crippen molar-refractivity contribution in [1.29, 1.82) is 0 Å². The Labute approximate surface area is 231 Å². The van der Waals surface area contributed by atoms with E-state index in [0.29, 0.717) is 23.6 Å². The van der Waals surface area contributed by atoms with Crippen LogP contribution in [0.15, 0.2) is 78.9 Å². The Balaban J connectivity index is 1.49. The fourth-order valence-electron chi connectivity index (χ4n) is 6.46. The van der Waals surface area contributed by atoms with Gasteiger partial charge in [-0.2, -0.15) is 0 Å². The topological polar surface area (TPSA) is 96.4 Å². The number of likely N-dealkylation sites (tertiary alicyclic amines) is 1. The third-order valence-corrected chi connectivity index (χ3v) is 8.44. The summed E-state index contributed by atoms with van der Waals surface area (Å²) in [4.78, 5) is 45.1. The van der Waals surface area contributed by atoms with Gasteiger partial charge in [0, 0.05) is 6.54 Å². The van der Waals surface area contributed by atoms with Gasteiger partial charge in [0.05, 0.1) is 42.0 Å². The molecule has 4 aliphatic heterocycles. The monoisotopic (exact) mass is 548 g/mol. The van der Waals surface area contributed by atoms with E-state index in [2.05, 4.69) is 0 Å². The van der Waals surface area contributed by atoms with Gasteiger partial charge < -0.3 is 24.4 Å². The van der Waals surface area contributed by atoms with Gasteiger partial charge in [0.25, 0.3) is 5.91 Å². The average Bonchev–Trinajstić information content (AvgIpc) is 3.32. The van der Waals surface area contributed by atoms with Crippen molar-refractivity contribution in [3.63, 3.8) is 0 Å². The first-order valence-corrected chi connectivity index (χ1v) is 13.6. The first kappa shape index (κ1) is 25.8. The Morgan fingerprint density at radius 3 is 2.56 bits per heavy atom. The van der Waals surface area contributed by atoms with E-state index in [9.17, 15) is 19.5 Å². The molecule has 2 saturated heterocycles. The Hall–Kier alpha value is -3.46. The maximum atomic E-state index is 14.5. The molecular formula is C30H29ClN2O6. The number of esters is 1. The summed E-state index contributed by atoms with van der Waals surface area (Å²) in [5.41, 5.74) is -0.00658. The third kappa shape index (κ3) is 4.18. The van der Waals surface area contributed by atoms with Crippen molar-refractivity contribution >= 4 is 35.1 Å². The largest absolute Gasteiger partial charge is 0.465 e. The minimum absolute atomic E-state index is 0.205. The smallest absolute Gasteiger partial charge is 0.312 e. The van der Waals surface area contributed by atoms with Gasteiger partial charge in [0.15, 0.2) is 0 Å². The number of ether oxygens (including phenoxy) is 2. The van der Waals surface area contributed by atoms with Crippen molar-refractivity contribution in [2.75, 3.05) is 24.7 Å². The first-order chi connectivity index (χ1) is 19.0. The summed E-state index contributed by atoms with van der Waals surface area (Å²) in [5.74, 6) is -3.22. The summed E-state index contributed by atoms with van der Waals surface area (Å²) in [5, 5.41) is 11.0. The summed E-state index contributed by atoms with van der Waals surface area (Å²) in [6.07, 6.45) is 7.38. The number of carbonyl (C=O) groups excluding carboxylic acids is 3. The second-order valence-corrected chi connectivity index (χ2v) is 10.7. The van der Waals surface area contributed by atoms with Gasteiger partial charge in [-0.3, -0.25) is 14.4 Å². The number of rotatable bonds is 5. The number of hydrogen-bond acceptors (Lipinski definition) is 6. The predicted molar refractivity (Wildman–Crippen MR) is 144 cm³/mol. The molecule has 39 heavy (non-hydrogen) atoms. The van der Waals surface area contributed by atoms with Gasteiger partial charge in [-0.15, -0.1) is 0 Å². The SMILES string of the molecule is O=C1OCCC=C[C@H]2O[C@]34C=CCN(c5ccccc5Cl)C(=O)C3N([C@@H](CO)Cc3ccccc3)C(=O)[C@@H]4[C@@H]12. The van der Waals surface area contributed by atoms with Crippen molar-refractivity contribution in [3.05, 3.63) is 89.5 Å². The molecule has 9 heteroatoms. The number of amides is 2. The average molecular weight is 549 g/mol. The van der Waals surface area contributed by atoms with Gasteiger partial charge >= 0.3 is 5.97 Å². The van der Waals surface area contributed by atoms with Crippen LogP contribution in [0.4, 0.5) is 5.69 Å². The van der Waals surface area contributed by atoms with E-state index in [1.165, 1.54) is 9.80 Å². The van der Waals surface area contributed by atoms with Crippen LogP contribution < -0.4 is 4.90 Å². The van der Waals surface area contributed by atoms with E-state index in [1.54, 1.807) is 42.5 Å². The number of cyclic esters (lactones) is 1. The van der Waals surface area contributed by atoms with Crippen molar-refractivity contribution < 1.29 is 29.0 Å². The van der Waals surface area contributed by atoms with Crippen LogP contribution in [0.2, 0.25) is 5.02 Å². The number of benzene rings is 2. The molecule has 1 N–H and O–H groups in total. The lowest BCUT2D eigenvalue weighted by atomic mass is 9.77. The molecule has 0 radical (unpaired) electrons. The van der Waals surface area contributed by atoms with Crippen molar-refractivity contribution in [2.45, 2.75) is 36.6 Å². The number of halogens is 1. The standard InChI is InChI=1S/C30H29ClN2O6/c31-21-11-4-5-12-22(21)32-15-8-14-30-25(24-23(39-30)13-6-7-16-38-29(24)37)27(35)33(26(30)28(32)36)20(18-34)17-19-9-2-1-3-10-19/h1-6,8-14,20,23-26,34H,7,15-18H2/t20-,23-,24+,25+,26?,30+/m1/s1. The molecule has 4 heterocycles. The number of aliphatic hydroxyl groups is 1. The zero-order valence-electron chi connectivity index (χ0n) is 21.2. The van der Waals surface area contributed by atoms with E-state index in [-0.39, 0.29) is 25.7 Å². The van der Waals surface area contributed by atoms with E-state index >= 15 is 0 Å². The number of aliphatic hydroxyl groups excluding tert-OH is 1. The van der Waals surface area contributed by atoms with E-state index in [4.69, 9.17) is 21.1 Å². The Morgan fingerprint density at radius 2 is 1.79 bits per heavy atom. The van der Waals surface area contributed by atoms with E-state index in [0.717, 1.165) is 5.56 Å². The molecule has 0 bridgehead atoms. The molecule has 6 rings (SSSR count). The molecule has 2 aromatic rings. The van der Waals surface area contributed by atoms with Crippen LogP contribution in [0, 0.1) is 11.8 Å². The highest BCUT2D eigenvalue weighted by molar-refractivity contribution is 6.34. The van der Waals surface area contributed by atoms with Gasteiger partial charge in [0.2, 0.25) is 5.91 Å². The van der Waals surface area contributed by atoms with Gasteiger partial charge in [-0.1, -0.05) is 78.4 Å². The highest BCUT2D eigenvalue weighted by Gasteiger charge is 2.72. The van der Waals surface area contributed by atoms with Crippen LogP contribution in [0.5, 0.6) is 0 Å². The molecule has 2 amide bonds. The quantitative estimate of drug-likeness (QED) is 0.456. The van der Waals surface area contributed by atoms with Gasteiger partial charge in [-0.05, 0) is 30.5 Å². The fourth-order valence-corrected chi connectivity index (χ4v) is 6.70. The number of hydrogen-bond donors (Lipinski definition) is 1.